The molecule has 2 nitrogen and oxygen atoms in total. The molecule has 1 saturated carbocycles. The summed E-state index contributed by atoms with van der Waals surface area (Å²) >= 11 is 0. The second kappa shape index (κ2) is 4.46. The highest BCUT2D eigenvalue weighted by molar-refractivity contribution is 5.36. The van der Waals surface area contributed by atoms with Gasteiger partial charge in [-0.2, -0.15) is 0 Å². The van der Waals surface area contributed by atoms with Crippen LogP contribution in [0.25, 0.3) is 0 Å². The number of nitrogens with one attached hydrogen (secondary N) is 1. The van der Waals surface area contributed by atoms with E-state index >= 15 is 0 Å². The summed E-state index contributed by atoms with van der Waals surface area (Å²) in [6, 6.07) is 9.02. The number of hydrogen-bond donors (Lipinski definition) is 1. The second-order valence-corrected chi connectivity index (χ2v) is 4.86. The van der Waals surface area contributed by atoms with Crippen molar-refractivity contribution in [2.45, 2.75) is 44.2 Å². The minimum Gasteiger partial charge on any atom is -0.490 e. The molecule has 0 radical (unpaired) electrons. The van der Waals surface area contributed by atoms with Crippen LogP contribution in [0.4, 0.5) is 0 Å². The summed E-state index contributed by atoms with van der Waals surface area (Å²) in [6.45, 7) is 1.14. The average molecular weight is 217 g/mol. The molecule has 1 unspecified atom stereocenters. The van der Waals surface area contributed by atoms with Crippen molar-refractivity contribution in [2.24, 2.45) is 0 Å². The molecule has 2 fully saturated rings. The average Bonchev–Trinajstić information content (AvgIpc) is 3.15. The molecule has 0 amide bonds. The van der Waals surface area contributed by atoms with Gasteiger partial charge >= 0.3 is 0 Å². The summed E-state index contributed by atoms with van der Waals surface area (Å²) in [5, 5.41) is 3.59. The zero-order valence-corrected chi connectivity index (χ0v) is 9.61. The number of piperidine rings is 1. The molecule has 1 atom stereocenters. The third kappa shape index (κ3) is 2.22. The summed E-state index contributed by atoms with van der Waals surface area (Å²) in [5.74, 6) is 1.10. The molecule has 2 aliphatic rings. The van der Waals surface area contributed by atoms with Crippen molar-refractivity contribution < 1.29 is 4.74 Å². The SMILES string of the molecule is c1ccc(C2CCCCN2)c(OC2CC2)c1. The molecule has 1 aromatic rings. The minimum absolute atomic E-state index is 0.491. The Morgan fingerprint density at radius 3 is 2.69 bits per heavy atom. The molecular formula is C14H19NO. The molecule has 16 heavy (non-hydrogen) atoms. The van der Waals surface area contributed by atoms with E-state index in [2.05, 4.69) is 29.6 Å². The van der Waals surface area contributed by atoms with Gasteiger partial charge in [-0.1, -0.05) is 24.6 Å². The Kier molecular flexibility index (Phi) is 2.83. The molecule has 1 heterocycles. The van der Waals surface area contributed by atoms with Crippen molar-refractivity contribution in [1.29, 1.82) is 0 Å². The predicted octanol–water partition coefficient (Wildman–Crippen LogP) is 3.04. The molecule has 86 valence electrons. The van der Waals surface area contributed by atoms with Gasteiger partial charge in [0.1, 0.15) is 5.75 Å². The van der Waals surface area contributed by atoms with Crippen molar-refractivity contribution in [3.63, 3.8) is 0 Å². The van der Waals surface area contributed by atoms with Crippen molar-refractivity contribution in [3.8, 4) is 5.75 Å². The molecule has 3 rings (SSSR count). The summed E-state index contributed by atoms with van der Waals surface area (Å²) in [6.07, 6.45) is 6.83. The lowest BCUT2D eigenvalue weighted by Crippen LogP contribution is -2.27. The first kappa shape index (κ1) is 10.2. The van der Waals surface area contributed by atoms with Gasteiger partial charge in [-0.05, 0) is 38.3 Å². The molecule has 1 aromatic carbocycles. The fraction of sp³-hybridized carbons (Fsp3) is 0.571. The van der Waals surface area contributed by atoms with E-state index in [9.17, 15) is 0 Å². The van der Waals surface area contributed by atoms with Gasteiger partial charge in [-0.3, -0.25) is 0 Å². The zero-order chi connectivity index (χ0) is 10.8. The molecule has 0 aromatic heterocycles. The van der Waals surface area contributed by atoms with Gasteiger partial charge in [0, 0.05) is 11.6 Å². The van der Waals surface area contributed by atoms with Crippen LogP contribution >= 0.6 is 0 Å². The van der Waals surface area contributed by atoms with Crippen molar-refractivity contribution in [3.05, 3.63) is 29.8 Å². The Morgan fingerprint density at radius 1 is 1.06 bits per heavy atom. The first-order valence-corrected chi connectivity index (χ1v) is 6.42. The lowest BCUT2D eigenvalue weighted by atomic mass is 9.97. The summed E-state index contributed by atoms with van der Waals surface area (Å²) < 4.78 is 5.97. The van der Waals surface area contributed by atoms with E-state index in [-0.39, 0.29) is 0 Å². The molecule has 0 bridgehead atoms. The lowest BCUT2D eigenvalue weighted by Gasteiger charge is -2.25. The molecule has 0 spiro atoms. The van der Waals surface area contributed by atoms with Gasteiger partial charge in [0.05, 0.1) is 6.10 Å². The lowest BCUT2D eigenvalue weighted by molar-refractivity contribution is 0.292. The van der Waals surface area contributed by atoms with E-state index in [1.165, 1.54) is 37.7 Å². The monoisotopic (exact) mass is 217 g/mol. The highest BCUT2D eigenvalue weighted by Crippen LogP contribution is 2.34. The second-order valence-electron chi connectivity index (χ2n) is 4.86. The molecular weight excluding hydrogens is 198 g/mol. The van der Waals surface area contributed by atoms with Crippen molar-refractivity contribution >= 4 is 0 Å². The number of ether oxygens (including phenoxy) is 1. The van der Waals surface area contributed by atoms with Crippen LogP contribution < -0.4 is 10.1 Å². The number of rotatable bonds is 3. The summed E-state index contributed by atoms with van der Waals surface area (Å²) in [7, 11) is 0. The standard InChI is InChI=1S/C14H19NO/c1-2-7-14(16-11-8-9-11)12(5-1)13-6-3-4-10-15-13/h1-2,5,7,11,13,15H,3-4,6,8-10H2. The first-order chi connectivity index (χ1) is 7.93. The first-order valence-electron chi connectivity index (χ1n) is 6.42. The summed E-state index contributed by atoms with van der Waals surface area (Å²) in [5.41, 5.74) is 1.36. The third-order valence-corrected chi connectivity index (χ3v) is 3.42. The van der Waals surface area contributed by atoms with Crippen LogP contribution in [0, 0.1) is 0 Å². The van der Waals surface area contributed by atoms with E-state index in [1.54, 1.807) is 0 Å². The van der Waals surface area contributed by atoms with E-state index in [0.717, 1.165) is 12.3 Å². The Bertz CT molecular complexity index is 354. The predicted molar refractivity (Wildman–Crippen MR) is 64.7 cm³/mol. The largest absolute Gasteiger partial charge is 0.490 e. The normalized spacial score (nSPS) is 25.4. The highest BCUT2D eigenvalue weighted by Gasteiger charge is 2.26. The van der Waals surface area contributed by atoms with Gasteiger partial charge < -0.3 is 10.1 Å². The van der Waals surface area contributed by atoms with E-state index in [1.807, 2.05) is 0 Å². The van der Waals surface area contributed by atoms with Gasteiger partial charge in [-0.25, -0.2) is 0 Å². The maximum absolute atomic E-state index is 5.97. The Morgan fingerprint density at radius 2 is 1.94 bits per heavy atom. The third-order valence-electron chi connectivity index (χ3n) is 3.42. The van der Waals surface area contributed by atoms with Crippen LogP contribution in [-0.2, 0) is 0 Å². The molecule has 1 N–H and O–H groups in total. The van der Waals surface area contributed by atoms with Crippen LogP contribution in [0.15, 0.2) is 24.3 Å². The minimum atomic E-state index is 0.491. The number of hydrogen-bond acceptors (Lipinski definition) is 2. The zero-order valence-electron chi connectivity index (χ0n) is 9.61. The van der Waals surface area contributed by atoms with Crippen LogP contribution in [0.2, 0.25) is 0 Å². The van der Waals surface area contributed by atoms with E-state index in [0.29, 0.717) is 12.1 Å². The molecule has 1 saturated heterocycles. The maximum Gasteiger partial charge on any atom is 0.124 e. The van der Waals surface area contributed by atoms with Crippen molar-refractivity contribution in [2.75, 3.05) is 6.54 Å². The number of benzene rings is 1. The van der Waals surface area contributed by atoms with Crippen LogP contribution in [0.5, 0.6) is 5.75 Å². The molecule has 1 aliphatic carbocycles. The van der Waals surface area contributed by atoms with Gasteiger partial charge in [0.2, 0.25) is 0 Å². The maximum atomic E-state index is 5.97. The topological polar surface area (TPSA) is 21.3 Å². The summed E-state index contributed by atoms with van der Waals surface area (Å²) in [4.78, 5) is 0. The Labute approximate surface area is 97.0 Å². The Hall–Kier alpha value is -1.02. The van der Waals surface area contributed by atoms with Gasteiger partial charge in [0.15, 0.2) is 0 Å². The Balaban J connectivity index is 1.79. The van der Waals surface area contributed by atoms with Crippen molar-refractivity contribution in [1.82, 2.24) is 5.32 Å². The fourth-order valence-electron chi connectivity index (χ4n) is 2.36. The quantitative estimate of drug-likeness (QED) is 0.840. The van der Waals surface area contributed by atoms with Crippen LogP contribution in [0.1, 0.15) is 43.7 Å². The van der Waals surface area contributed by atoms with E-state index in [4.69, 9.17) is 4.74 Å². The fourth-order valence-corrected chi connectivity index (χ4v) is 2.36. The highest BCUT2D eigenvalue weighted by atomic mass is 16.5. The van der Waals surface area contributed by atoms with Gasteiger partial charge in [0.25, 0.3) is 0 Å². The molecule has 2 heteroatoms. The van der Waals surface area contributed by atoms with E-state index < -0.39 is 0 Å². The van der Waals surface area contributed by atoms with Gasteiger partial charge in [-0.15, -0.1) is 0 Å². The van der Waals surface area contributed by atoms with Crippen LogP contribution in [0.3, 0.4) is 0 Å². The number of para-hydroxylation sites is 1. The smallest absolute Gasteiger partial charge is 0.124 e. The van der Waals surface area contributed by atoms with Crippen LogP contribution in [-0.4, -0.2) is 12.6 Å². The molecule has 1 aliphatic heterocycles.